The molecule has 0 saturated heterocycles. The Bertz CT molecular complexity index is 631. The van der Waals surface area contributed by atoms with Gasteiger partial charge < -0.3 is 9.64 Å². The van der Waals surface area contributed by atoms with E-state index < -0.39 is 0 Å². The average Bonchev–Trinajstić information content (AvgIpc) is 2.47. The lowest BCUT2D eigenvalue weighted by Crippen LogP contribution is -2.19. The molecule has 0 aliphatic carbocycles. The fraction of sp³-hybridized carbons (Fsp3) is 0.267. The molecule has 0 atom stereocenters. The van der Waals surface area contributed by atoms with Gasteiger partial charge >= 0.3 is 0 Å². The lowest BCUT2D eigenvalue weighted by molar-refractivity contribution is 0.416. The molecular weight excluding hydrogens is 252 g/mol. The predicted octanol–water partition coefficient (Wildman–Crippen LogP) is 2.42. The van der Waals surface area contributed by atoms with Crippen molar-refractivity contribution in [2.75, 3.05) is 25.6 Å². The van der Waals surface area contributed by atoms with Crippen molar-refractivity contribution in [3.05, 3.63) is 36.2 Å². The maximum absolute atomic E-state index is 8.67. The Hall–Kier alpha value is -2.61. The molecule has 2 rings (SSSR count). The minimum atomic E-state index is 0.257. The quantitative estimate of drug-likeness (QED) is 0.797. The van der Waals surface area contributed by atoms with Crippen molar-refractivity contribution in [1.82, 2.24) is 9.97 Å². The van der Waals surface area contributed by atoms with E-state index in [-0.39, 0.29) is 6.54 Å². The Morgan fingerprint density at radius 3 is 2.60 bits per heavy atom. The minimum absolute atomic E-state index is 0.257. The van der Waals surface area contributed by atoms with Crippen LogP contribution in [0.15, 0.2) is 30.6 Å². The Morgan fingerprint density at radius 1 is 1.30 bits per heavy atom. The molecule has 0 amide bonds. The van der Waals surface area contributed by atoms with E-state index in [0.29, 0.717) is 5.95 Å². The zero-order valence-corrected chi connectivity index (χ0v) is 11.8. The van der Waals surface area contributed by atoms with Crippen molar-refractivity contribution in [3.8, 4) is 22.9 Å². The van der Waals surface area contributed by atoms with Gasteiger partial charge in [0.2, 0.25) is 5.95 Å². The zero-order valence-electron chi connectivity index (χ0n) is 11.8. The van der Waals surface area contributed by atoms with Crippen LogP contribution in [0.2, 0.25) is 0 Å². The summed E-state index contributed by atoms with van der Waals surface area (Å²) in [7, 11) is 3.43. The van der Waals surface area contributed by atoms with E-state index >= 15 is 0 Å². The van der Waals surface area contributed by atoms with E-state index in [1.54, 1.807) is 31.5 Å². The number of anilines is 1. The molecule has 20 heavy (non-hydrogen) atoms. The highest BCUT2D eigenvalue weighted by atomic mass is 16.5. The van der Waals surface area contributed by atoms with Crippen LogP contribution in [0.3, 0.4) is 0 Å². The van der Waals surface area contributed by atoms with Crippen LogP contribution < -0.4 is 9.64 Å². The van der Waals surface area contributed by atoms with Crippen LogP contribution >= 0.6 is 0 Å². The first-order valence-corrected chi connectivity index (χ1v) is 6.21. The van der Waals surface area contributed by atoms with E-state index in [2.05, 4.69) is 16.0 Å². The van der Waals surface area contributed by atoms with Crippen LogP contribution in [0.4, 0.5) is 5.95 Å². The van der Waals surface area contributed by atoms with Gasteiger partial charge in [0.15, 0.2) is 0 Å². The van der Waals surface area contributed by atoms with E-state index in [0.717, 1.165) is 22.4 Å². The summed E-state index contributed by atoms with van der Waals surface area (Å²) in [5.74, 6) is 1.32. The molecule has 0 spiro atoms. The highest BCUT2D eigenvalue weighted by Crippen LogP contribution is 2.30. The van der Waals surface area contributed by atoms with Crippen molar-refractivity contribution in [3.63, 3.8) is 0 Å². The summed E-state index contributed by atoms with van der Waals surface area (Å²) in [4.78, 5) is 10.3. The van der Waals surface area contributed by atoms with Crippen molar-refractivity contribution >= 4 is 5.95 Å². The highest BCUT2D eigenvalue weighted by molar-refractivity contribution is 5.70. The van der Waals surface area contributed by atoms with Gasteiger partial charge in [-0.15, -0.1) is 0 Å². The summed E-state index contributed by atoms with van der Waals surface area (Å²) in [6.07, 6.45) is 3.49. The molecule has 1 aromatic heterocycles. The molecule has 102 valence electrons. The van der Waals surface area contributed by atoms with Crippen molar-refractivity contribution in [1.29, 1.82) is 5.26 Å². The summed E-state index contributed by atoms with van der Waals surface area (Å²) in [5, 5.41) is 8.67. The lowest BCUT2D eigenvalue weighted by Gasteiger charge is -2.13. The first kappa shape index (κ1) is 13.8. The SMILES string of the molecule is COc1ccc(C)cc1-c1cnc(N(C)CC#N)nc1. The summed E-state index contributed by atoms with van der Waals surface area (Å²) < 4.78 is 5.36. The summed E-state index contributed by atoms with van der Waals surface area (Å²) >= 11 is 0. The number of benzene rings is 1. The summed E-state index contributed by atoms with van der Waals surface area (Å²) in [5.41, 5.74) is 2.99. The standard InChI is InChI=1S/C15H16N4O/c1-11-4-5-14(20-3)13(8-11)12-9-17-15(18-10-12)19(2)7-6-16/h4-5,8-10H,7H2,1-3H3. The average molecular weight is 268 g/mol. The van der Waals surface area contributed by atoms with E-state index in [4.69, 9.17) is 10.00 Å². The second-order valence-corrected chi connectivity index (χ2v) is 4.49. The number of nitriles is 1. The van der Waals surface area contributed by atoms with Crippen LogP contribution in [0.25, 0.3) is 11.1 Å². The molecule has 0 aliphatic heterocycles. The van der Waals surface area contributed by atoms with Gasteiger partial charge in [-0.1, -0.05) is 11.6 Å². The van der Waals surface area contributed by atoms with Gasteiger partial charge in [0, 0.05) is 30.6 Å². The third kappa shape index (κ3) is 2.86. The number of ether oxygens (including phenoxy) is 1. The molecule has 0 aliphatic rings. The molecule has 1 aromatic carbocycles. The molecule has 1 heterocycles. The first-order valence-electron chi connectivity index (χ1n) is 6.21. The van der Waals surface area contributed by atoms with Gasteiger partial charge in [-0.3, -0.25) is 0 Å². The Kier molecular flexibility index (Phi) is 4.16. The maximum atomic E-state index is 8.67. The summed E-state index contributed by atoms with van der Waals surface area (Å²) in [6, 6.07) is 8.03. The molecular formula is C15H16N4O. The van der Waals surface area contributed by atoms with Gasteiger partial charge in [-0.25, -0.2) is 9.97 Å². The molecule has 5 heteroatoms. The van der Waals surface area contributed by atoms with Crippen LogP contribution in [0.1, 0.15) is 5.56 Å². The fourth-order valence-corrected chi connectivity index (χ4v) is 1.88. The van der Waals surface area contributed by atoms with E-state index in [9.17, 15) is 0 Å². The van der Waals surface area contributed by atoms with Gasteiger partial charge in [-0.05, 0) is 19.1 Å². The molecule has 0 unspecified atom stereocenters. The molecule has 0 radical (unpaired) electrons. The zero-order chi connectivity index (χ0) is 14.5. The minimum Gasteiger partial charge on any atom is -0.496 e. The van der Waals surface area contributed by atoms with Crippen LogP contribution in [0, 0.1) is 18.3 Å². The monoisotopic (exact) mass is 268 g/mol. The number of aromatic nitrogens is 2. The van der Waals surface area contributed by atoms with Gasteiger partial charge in [-0.2, -0.15) is 5.26 Å². The number of methoxy groups -OCH3 is 1. The largest absolute Gasteiger partial charge is 0.496 e. The van der Waals surface area contributed by atoms with Crippen molar-refractivity contribution in [2.45, 2.75) is 6.92 Å². The second kappa shape index (κ2) is 6.02. The number of aryl methyl sites for hydroxylation is 1. The normalized spacial score (nSPS) is 9.90. The third-order valence-electron chi connectivity index (χ3n) is 2.95. The molecule has 0 saturated carbocycles. The Morgan fingerprint density at radius 2 is 2.00 bits per heavy atom. The molecule has 5 nitrogen and oxygen atoms in total. The van der Waals surface area contributed by atoms with Gasteiger partial charge in [0.1, 0.15) is 12.3 Å². The van der Waals surface area contributed by atoms with Gasteiger partial charge in [0.05, 0.1) is 13.2 Å². The number of hydrogen-bond acceptors (Lipinski definition) is 5. The molecule has 0 bridgehead atoms. The summed E-state index contributed by atoms with van der Waals surface area (Å²) in [6.45, 7) is 2.28. The second-order valence-electron chi connectivity index (χ2n) is 4.49. The molecule has 2 aromatic rings. The van der Waals surface area contributed by atoms with Crippen molar-refractivity contribution < 1.29 is 4.74 Å². The van der Waals surface area contributed by atoms with Crippen LogP contribution in [-0.4, -0.2) is 30.7 Å². The Labute approximate surface area is 118 Å². The number of nitrogens with zero attached hydrogens (tertiary/aromatic N) is 4. The fourth-order valence-electron chi connectivity index (χ4n) is 1.88. The third-order valence-corrected chi connectivity index (χ3v) is 2.95. The lowest BCUT2D eigenvalue weighted by atomic mass is 10.1. The van der Waals surface area contributed by atoms with Crippen LogP contribution in [0.5, 0.6) is 5.75 Å². The smallest absolute Gasteiger partial charge is 0.225 e. The molecule has 0 N–H and O–H groups in total. The van der Waals surface area contributed by atoms with Crippen LogP contribution in [-0.2, 0) is 0 Å². The maximum Gasteiger partial charge on any atom is 0.225 e. The Balaban J connectivity index is 2.35. The van der Waals surface area contributed by atoms with E-state index in [1.807, 2.05) is 25.1 Å². The van der Waals surface area contributed by atoms with Crippen molar-refractivity contribution in [2.24, 2.45) is 0 Å². The highest BCUT2D eigenvalue weighted by Gasteiger charge is 2.09. The first-order chi connectivity index (χ1) is 9.65. The predicted molar refractivity (Wildman–Crippen MR) is 77.6 cm³/mol. The molecule has 0 fully saturated rings. The van der Waals surface area contributed by atoms with E-state index in [1.165, 1.54) is 0 Å². The number of hydrogen-bond donors (Lipinski definition) is 0. The number of rotatable bonds is 4. The topological polar surface area (TPSA) is 62.0 Å². The van der Waals surface area contributed by atoms with Gasteiger partial charge in [0.25, 0.3) is 0 Å².